The van der Waals surface area contributed by atoms with Crippen molar-refractivity contribution < 1.29 is 9.53 Å². The van der Waals surface area contributed by atoms with Gasteiger partial charge in [0, 0.05) is 38.2 Å². The van der Waals surface area contributed by atoms with E-state index in [0.717, 1.165) is 32.0 Å². The molecule has 2 rings (SSSR count). The minimum Gasteiger partial charge on any atom is -0.481 e. The van der Waals surface area contributed by atoms with Crippen LogP contribution in [-0.4, -0.2) is 49.1 Å². The molecule has 1 aromatic rings. The zero-order valence-corrected chi connectivity index (χ0v) is 11.8. The molecule has 1 aliphatic rings. The molecular formula is C14H21N3O2. The molecule has 0 unspecified atom stereocenters. The van der Waals surface area contributed by atoms with Crippen LogP contribution in [0.25, 0.3) is 0 Å². The molecule has 1 aromatic heterocycles. The molecule has 1 amide bonds. The lowest BCUT2D eigenvalue weighted by Crippen LogP contribution is -2.50. The molecule has 1 fully saturated rings. The Morgan fingerprint density at radius 1 is 1.26 bits per heavy atom. The topological polar surface area (TPSA) is 45.7 Å². The maximum atomic E-state index is 11.9. The van der Waals surface area contributed by atoms with E-state index in [2.05, 4.69) is 9.88 Å². The number of anilines is 1. The van der Waals surface area contributed by atoms with Crippen molar-refractivity contribution in [2.75, 3.05) is 38.2 Å². The quantitative estimate of drug-likeness (QED) is 0.827. The van der Waals surface area contributed by atoms with Gasteiger partial charge in [0.05, 0.1) is 7.11 Å². The third-order valence-electron chi connectivity index (χ3n) is 3.33. The molecule has 2 heterocycles. The van der Waals surface area contributed by atoms with Gasteiger partial charge in [-0.05, 0) is 6.07 Å². The van der Waals surface area contributed by atoms with Gasteiger partial charge in [0.15, 0.2) is 0 Å². The van der Waals surface area contributed by atoms with Crippen molar-refractivity contribution in [3.05, 3.63) is 18.2 Å². The predicted octanol–water partition coefficient (Wildman–Crippen LogP) is 1.39. The molecule has 104 valence electrons. The van der Waals surface area contributed by atoms with Crippen molar-refractivity contribution in [1.29, 1.82) is 0 Å². The van der Waals surface area contributed by atoms with Crippen molar-refractivity contribution in [3.63, 3.8) is 0 Å². The van der Waals surface area contributed by atoms with Crippen LogP contribution in [0.3, 0.4) is 0 Å². The number of pyridine rings is 1. The Morgan fingerprint density at radius 2 is 1.95 bits per heavy atom. The molecule has 5 heteroatoms. The number of methoxy groups -OCH3 is 1. The summed E-state index contributed by atoms with van der Waals surface area (Å²) >= 11 is 0. The van der Waals surface area contributed by atoms with Crippen LogP contribution in [0.5, 0.6) is 5.88 Å². The Balaban J connectivity index is 1.97. The van der Waals surface area contributed by atoms with E-state index in [-0.39, 0.29) is 11.8 Å². The van der Waals surface area contributed by atoms with E-state index in [1.807, 2.05) is 36.9 Å². The summed E-state index contributed by atoms with van der Waals surface area (Å²) in [5.74, 6) is 1.84. The highest BCUT2D eigenvalue weighted by molar-refractivity contribution is 5.78. The first-order valence-corrected chi connectivity index (χ1v) is 6.66. The first kappa shape index (κ1) is 13.6. The Morgan fingerprint density at radius 3 is 2.53 bits per heavy atom. The lowest BCUT2D eigenvalue weighted by atomic mass is 10.1. The lowest BCUT2D eigenvalue weighted by Gasteiger charge is -2.36. The number of hydrogen-bond donors (Lipinski definition) is 0. The average molecular weight is 263 g/mol. The van der Waals surface area contributed by atoms with Crippen LogP contribution in [0.4, 0.5) is 5.82 Å². The summed E-state index contributed by atoms with van der Waals surface area (Å²) in [4.78, 5) is 20.5. The summed E-state index contributed by atoms with van der Waals surface area (Å²) < 4.78 is 5.13. The number of amides is 1. The van der Waals surface area contributed by atoms with Gasteiger partial charge in [-0.2, -0.15) is 4.98 Å². The molecule has 0 atom stereocenters. The van der Waals surface area contributed by atoms with Crippen molar-refractivity contribution in [1.82, 2.24) is 9.88 Å². The zero-order valence-electron chi connectivity index (χ0n) is 11.8. The molecule has 0 spiro atoms. The summed E-state index contributed by atoms with van der Waals surface area (Å²) in [6, 6.07) is 5.75. The number of ether oxygens (including phenoxy) is 1. The van der Waals surface area contributed by atoms with Crippen LogP contribution in [0.2, 0.25) is 0 Å². The highest BCUT2D eigenvalue weighted by Crippen LogP contribution is 2.17. The second-order valence-electron chi connectivity index (χ2n) is 5.01. The van der Waals surface area contributed by atoms with Crippen molar-refractivity contribution in [2.45, 2.75) is 13.8 Å². The van der Waals surface area contributed by atoms with Crippen molar-refractivity contribution in [3.8, 4) is 5.88 Å². The van der Waals surface area contributed by atoms with Gasteiger partial charge >= 0.3 is 0 Å². The molecule has 0 N–H and O–H groups in total. The Hall–Kier alpha value is -1.78. The van der Waals surface area contributed by atoms with Gasteiger partial charge in [0.25, 0.3) is 0 Å². The standard InChI is InChI=1S/C14H21N3O2/c1-11(2)14(18)17-9-7-16(8-10-17)12-5-4-6-13(15-12)19-3/h4-6,11H,7-10H2,1-3H3. The van der Waals surface area contributed by atoms with E-state index in [4.69, 9.17) is 4.74 Å². The SMILES string of the molecule is COc1cccc(N2CCN(C(=O)C(C)C)CC2)n1. The summed E-state index contributed by atoms with van der Waals surface area (Å²) in [6.45, 7) is 7.04. The largest absolute Gasteiger partial charge is 0.481 e. The number of nitrogens with zero attached hydrogens (tertiary/aromatic N) is 3. The van der Waals surface area contributed by atoms with Crippen LogP contribution in [0.1, 0.15) is 13.8 Å². The predicted molar refractivity (Wildman–Crippen MR) is 74.4 cm³/mol. The minimum absolute atomic E-state index is 0.0708. The molecule has 0 aliphatic carbocycles. The first-order chi connectivity index (χ1) is 9.11. The highest BCUT2D eigenvalue weighted by atomic mass is 16.5. The monoisotopic (exact) mass is 263 g/mol. The number of piperazine rings is 1. The molecule has 0 saturated carbocycles. The molecule has 19 heavy (non-hydrogen) atoms. The maximum Gasteiger partial charge on any atom is 0.225 e. The van der Waals surface area contributed by atoms with Crippen LogP contribution >= 0.6 is 0 Å². The summed E-state index contributed by atoms with van der Waals surface area (Å²) in [5.41, 5.74) is 0. The van der Waals surface area contributed by atoms with E-state index < -0.39 is 0 Å². The molecule has 0 radical (unpaired) electrons. The van der Waals surface area contributed by atoms with Gasteiger partial charge in [-0.15, -0.1) is 0 Å². The van der Waals surface area contributed by atoms with E-state index in [1.54, 1.807) is 7.11 Å². The van der Waals surface area contributed by atoms with Crippen LogP contribution in [-0.2, 0) is 4.79 Å². The number of rotatable bonds is 3. The second kappa shape index (κ2) is 5.91. The molecule has 0 bridgehead atoms. The fourth-order valence-corrected chi connectivity index (χ4v) is 2.21. The minimum atomic E-state index is 0.0708. The Kier molecular flexibility index (Phi) is 4.24. The molecule has 1 aliphatic heterocycles. The first-order valence-electron chi connectivity index (χ1n) is 6.66. The van der Waals surface area contributed by atoms with Crippen LogP contribution < -0.4 is 9.64 Å². The molecule has 5 nitrogen and oxygen atoms in total. The van der Waals surface area contributed by atoms with Crippen molar-refractivity contribution >= 4 is 11.7 Å². The van der Waals surface area contributed by atoms with E-state index in [1.165, 1.54) is 0 Å². The molecule has 0 aromatic carbocycles. The smallest absolute Gasteiger partial charge is 0.225 e. The molecular weight excluding hydrogens is 242 g/mol. The fourth-order valence-electron chi connectivity index (χ4n) is 2.21. The van der Waals surface area contributed by atoms with Gasteiger partial charge in [-0.1, -0.05) is 19.9 Å². The fraction of sp³-hybridized carbons (Fsp3) is 0.571. The number of carbonyl (C=O) groups is 1. The maximum absolute atomic E-state index is 11.9. The van der Waals surface area contributed by atoms with Gasteiger partial charge < -0.3 is 14.5 Å². The van der Waals surface area contributed by atoms with Gasteiger partial charge in [0.1, 0.15) is 5.82 Å². The summed E-state index contributed by atoms with van der Waals surface area (Å²) in [6.07, 6.45) is 0. The lowest BCUT2D eigenvalue weighted by molar-refractivity contribution is -0.134. The van der Waals surface area contributed by atoms with E-state index in [0.29, 0.717) is 5.88 Å². The van der Waals surface area contributed by atoms with Crippen LogP contribution in [0.15, 0.2) is 18.2 Å². The van der Waals surface area contributed by atoms with Gasteiger partial charge in [0.2, 0.25) is 11.8 Å². The summed E-state index contributed by atoms with van der Waals surface area (Å²) in [7, 11) is 1.62. The van der Waals surface area contributed by atoms with Crippen LogP contribution in [0, 0.1) is 5.92 Å². The second-order valence-corrected chi connectivity index (χ2v) is 5.01. The third kappa shape index (κ3) is 3.16. The van der Waals surface area contributed by atoms with Crippen molar-refractivity contribution in [2.24, 2.45) is 5.92 Å². The third-order valence-corrected chi connectivity index (χ3v) is 3.33. The number of hydrogen-bond acceptors (Lipinski definition) is 4. The van der Waals surface area contributed by atoms with Gasteiger partial charge in [-0.3, -0.25) is 4.79 Å². The Bertz CT molecular complexity index is 440. The number of aromatic nitrogens is 1. The highest BCUT2D eigenvalue weighted by Gasteiger charge is 2.23. The zero-order chi connectivity index (χ0) is 13.8. The summed E-state index contributed by atoms with van der Waals surface area (Å²) in [5, 5.41) is 0. The Labute approximate surface area is 114 Å². The van der Waals surface area contributed by atoms with E-state index in [9.17, 15) is 4.79 Å². The number of carbonyl (C=O) groups excluding carboxylic acids is 1. The average Bonchev–Trinajstić information content (AvgIpc) is 2.46. The molecule has 1 saturated heterocycles. The van der Waals surface area contributed by atoms with Gasteiger partial charge in [-0.25, -0.2) is 0 Å². The van der Waals surface area contributed by atoms with E-state index >= 15 is 0 Å². The normalized spacial score (nSPS) is 15.8.